The second-order valence-electron chi connectivity index (χ2n) is 17.7. The van der Waals surface area contributed by atoms with Crippen molar-refractivity contribution < 1.29 is 0 Å². The maximum atomic E-state index is 2.43. The van der Waals surface area contributed by atoms with Gasteiger partial charge in [0.2, 0.25) is 0 Å². The van der Waals surface area contributed by atoms with E-state index in [0.29, 0.717) is 0 Å². The fraction of sp³-hybridized carbons (Fsp3) is 0.0492. The zero-order valence-electron chi connectivity index (χ0n) is 35.6. The number of benzene rings is 10. The quantitative estimate of drug-likeness (QED) is 0.162. The van der Waals surface area contributed by atoms with E-state index in [9.17, 15) is 0 Å². The van der Waals surface area contributed by atoms with Gasteiger partial charge in [0, 0.05) is 59.1 Å². The summed E-state index contributed by atoms with van der Waals surface area (Å²) in [6, 6.07) is 80.7. The van der Waals surface area contributed by atoms with E-state index in [1.165, 1.54) is 97.3 Å². The van der Waals surface area contributed by atoms with Crippen molar-refractivity contribution in [1.82, 2.24) is 4.57 Å². The maximum absolute atomic E-state index is 2.43. The van der Waals surface area contributed by atoms with Crippen LogP contribution >= 0.6 is 11.3 Å². The summed E-state index contributed by atoms with van der Waals surface area (Å²) in [5.74, 6) is 0. The van der Waals surface area contributed by atoms with Gasteiger partial charge < -0.3 is 9.47 Å². The van der Waals surface area contributed by atoms with Gasteiger partial charge in [-0.15, -0.1) is 11.3 Å². The molecule has 13 rings (SSSR count). The van der Waals surface area contributed by atoms with Crippen LogP contribution in [0.25, 0.3) is 91.8 Å². The van der Waals surface area contributed by atoms with Gasteiger partial charge in [0.1, 0.15) is 0 Å². The van der Waals surface area contributed by atoms with Crippen molar-refractivity contribution in [3.63, 3.8) is 0 Å². The van der Waals surface area contributed by atoms with Crippen molar-refractivity contribution in [3.05, 3.63) is 230 Å². The van der Waals surface area contributed by atoms with Crippen molar-refractivity contribution in [2.24, 2.45) is 0 Å². The second-order valence-corrected chi connectivity index (χ2v) is 18.7. The first-order valence-corrected chi connectivity index (χ1v) is 23.0. The van der Waals surface area contributed by atoms with Crippen molar-refractivity contribution in [2.75, 3.05) is 4.90 Å². The van der Waals surface area contributed by atoms with Crippen molar-refractivity contribution in [3.8, 4) is 39.1 Å². The van der Waals surface area contributed by atoms with E-state index in [2.05, 4.69) is 242 Å². The predicted molar refractivity (Wildman–Crippen MR) is 274 cm³/mol. The molecule has 0 amide bonds. The molecule has 2 nitrogen and oxygen atoms in total. The highest BCUT2D eigenvalue weighted by Gasteiger charge is 2.35. The zero-order valence-corrected chi connectivity index (χ0v) is 36.4. The Bertz CT molecular complexity index is 3760. The van der Waals surface area contributed by atoms with Crippen LogP contribution in [0.3, 0.4) is 0 Å². The van der Waals surface area contributed by atoms with Gasteiger partial charge >= 0.3 is 0 Å². The van der Waals surface area contributed by atoms with E-state index in [4.69, 9.17) is 0 Å². The molecule has 0 unspecified atom stereocenters. The van der Waals surface area contributed by atoms with Crippen LogP contribution in [-0.2, 0) is 5.41 Å². The molecule has 0 saturated carbocycles. The number of nitrogens with zero attached hydrogens (tertiary/aromatic N) is 2. The van der Waals surface area contributed by atoms with Crippen LogP contribution < -0.4 is 4.90 Å². The highest BCUT2D eigenvalue weighted by Crippen LogP contribution is 2.51. The highest BCUT2D eigenvalue weighted by molar-refractivity contribution is 7.27. The molecule has 0 atom stereocenters. The first-order chi connectivity index (χ1) is 31.5. The van der Waals surface area contributed by atoms with Crippen LogP contribution in [0.5, 0.6) is 0 Å². The Morgan fingerprint density at radius 1 is 0.375 bits per heavy atom. The molecule has 2 aromatic heterocycles. The normalized spacial score (nSPS) is 13.0. The molecule has 0 aliphatic heterocycles. The fourth-order valence-corrected chi connectivity index (χ4v) is 12.0. The van der Waals surface area contributed by atoms with Crippen molar-refractivity contribution >= 4 is 81.1 Å². The average Bonchev–Trinajstić information content (AvgIpc) is 3.98. The lowest BCUT2D eigenvalue weighted by molar-refractivity contribution is 0.660. The molecule has 10 aromatic carbocycles. The Balaban J connectivity index is 0.912. The minimum Gasteiger partial charge on any atom is -0.310 e. The molecular formula is C61H42N2S. The number of para-hydroxylation sites is 2. The topological polar surface area (TPSA) is 8.17 Å². The summed E-state index contributed by atoms with van der Waals surface area (Å²) in [5.41, 5.74) is 17.1. The van der Waals surface area contributed by atoms with E-state index in [1.54, 1.807) is 0 Å². The van der Waals surface area contributed by atoms with E-state index in [1.807, 2.05) is 11.3 Å². The molecular weight excluding hydrogens is 793 g/mol. The molecule has 0 bridgehead atoms. The van der Waals surface area contributed by atoms with Gasteiger partial charge in [-0.2, -0.15) is 0 Å². The van der Waals surface area contributed by atoms with Gasteiger partial charge in [0.05, 0.1) is 11.0 Å². The number of thiophene rings is 1. The van der Waals surface area contributed by atoms with Gasteiger partial charge in [0.15, 0.2) is 0 Å². The third kappa shape index (κ3) is 5.57. The third-order valence-electron chi connectivity index (χ3n) is 13.8. The summed E-state index contributed by atoms with van der Waals surface area (Å²) in [6.45, 7) is 4.72. The Labute approximate surface area is 376 Å². The monoisotopic (exact) mass is 834 g/mol. The van der Waals surface area contributed by atoms with Gasteiger partial charge in [0.25, 0.3) is 0 Å². The molecule has 302 valence electrons. The molecule has 64 heavy (non-hydrogen) atoms. The minimum absolute atomic E-state index is 0.114. The Morgan fingerprint density at radius 3 is 1.72 bits per heavy atom. The molecule has 3 heteroatoms. The summed E-state index contributed by atoms with van der Waals surface area (Å²) in [6.07, 6.45) is 0. The molecule has 0 radical (unpaired) electrons. The summed E-state index contributed by atoms with van der Waals surface area (Å²) in [5, 5.41) is 7.78. The lowest BCUT2D eigenvalue weighted by atomic mass is 9.82. The van der Waals surface area contributed by atoms with Gasteiger partial charge in [-0.3, -0.25) is 0 Å². The van der Waals surface area contributed by atoms with Crippen LogP contribution in [0.15, 0.2) is 218 Å². The third-order valence-corrected chi connectivity index (χ3v) is 15.1. The van der Waals surface area contributed by atoms with Crippen molar-refractivity contribution in [1.29, 1.82) is 0 Å². The van der Waals surface area contributed by atoms with E-state index in [-0.39, 0.29) is 5.41 Å². The zero-order chi connectivity index (χ0) is 42.5. The Kier molecular flexibility index (Phi) is 8.16. The number of anilines is 3. The summed E-state index contributed by atoms with van der Waals surface area (Å²) in [7, 11) is 0. The molecule has 1 aliphatic rings. The molecule has 0 fully saturated rings. The highest BCUT2D eigenvalue weighted by atomic mass is 32.1. The predicted octanol–water partition coefficient (Wildman–Crippen LogP) is 17.4. The first-order valence-electron chi connectivity index (χ1n) is 22.2. The molecule has 1 aliphatic carbocycles. The molecule has 12 aromatic rings. The van der Waals surface area contributed by atoms with E-state index in [0.717, 1.165) is 22.7 Å². The number of aromatic nitrogens is 1. The SMILES string of the molecule is CC1(C)c2ccccc2-c2ccc(N(c3ccc(-c4cccc(-n5c6ccccc6c6ccccc65)c4)cc3)c3ccc(-c4cccc5c4sc4c6ccccc6ccc54)cc3)cc21. The van der Waals surface area contributed by atoms with E-state index >= 15 is 0 Å². The van der Waals surface area contributed by atoms with Crippen LogP contribution in [-0.4, -0.2) is 4.57 Å². The Morgan fingerprint density at radius 2 is 0.953 bits per heavy atom. The minimum atomic E-state index is -0.114. The number of hydrogen-bond donors (Lipinski definition) is 0. The Hall–Kier alpha value is -7.72. The number of hydrogen-bond acceptors (Lipinski definition) is 2. The summed E-state index contributed by atoms with van der Waals surface area (Å²) in [4.78, 5) is 2.42. The lowest BCUT2D eigenvalue weighted by Crippen LogP contribution is -2.16. The second kappa shape index (κ2) is 14.2. The van der Waals surface area contributed by atoms with Crippen LogP contribution in [0.2, 0.25) is 0 Å². The van der Waals surface area contributed by atoms with Crippen LogP contribution in [0, 0.1) is 0 Å². The lowest BCUT2D eigenvalue weighted by Gasteiger charge is -2.28. The summed E-state index contributed by atoms with van der Waals surface area (Å²) >= 11 is 1.91. The van der Waals surface area contributed by atoms with Gasteiger partial charge in [-0.25, -0.2) is 0 Å². The van der Waals surface area contributed by atoms with Gasteiger partial charge in [-0.05, 0) is 116 Å². The van der Waals surface area contributed by atoms with E-state index < -0.39 is 0 Å². The molecule has 0 saturated heterocycles. The first kappa shape index (κ1) is 36.9. The fourth-order valence-electron chi connectivity index (χ4n) is 10.7. The standard InChI is InChI=1S/C61H42N2S/c1-61(2)55-22-8-5-17-49(55)50-36-34-46(38-56(50)61)62(44-32-27-41(28-33-44)48-20-12-21-53-54-35-29-40-13-3-4-16-47(40)60(54)64-59(48)53)43-30-25-39(26-31-43)42-14-11-15-45(37-42)63-57-23-9-6-18-51(57)52-19-7-10-24-58(52)63/h3-38H,1-2H3. The maximum Gasteiger partial charge on any atom is 0.0541 e. The van der Waals surface area contributed by atoms with Crippen LogP contribution in [0.1, 0.15) is 25.0 Å². The van der Waals surface area contributed by atoms with Crippen molar-refractivity contribution in [2.45, 2.75) is 19.3 Å². The molecule has 0 N–H and O–H groups in total. The number of rotatable bonds is 6. The molecule has 2 heterocycles. The number of fused-ring (bicyclic) bond motifs is 11. The van der Waals surface area contributed by atoms with Crippen LogP contribution in [0.4, 0.5) is 17.1 Å². The molecule has 0 spiro atoms. The largest absolute Gasteiger partial charge is 0.310 e. The smallest absolute Gasteiger partial charge is 0.0541 e. The summed E-state index contributed by atoms with van der Waals surface area (Å²) < 4.78 is 5.08. The average molecular weight is 835 g/mol. The van der Waals surface area contributed by atoms with Gasteiger partial charge in [-0.1, -0.05) is 172 Å².